The van der Waals surface area contributed by atoms with E-state index >= 15 is 0 Å². The van der Waals surface area contributed by atoms with Gasteiger partial charge in [-0.05, 0) is 31.5 Å². The van der Waals surface area contributed by atoms with Crippen molar-refractivity contribution < 1.29 is 14.3 Å². The van der Waals surface area contributed by atoms with Gasteiger partial charge in [-0.2, -0.15) is 0 Å². The van der Waals surface area contributed by atoms with Crippen LogP contribution in [0, 0.1) is 0 Å². The van der Waals surface area contributed by atoms with E-state index in [0.717, 1.165) is 19.7 Å². The number of hydrogen-bond acceptors (Lipinski definition) is 5. The first-order valence-electron chi connectivity index (χ1n) is 7.11. The van der Waals surface area contributed by atoms with Crippen LogP contribution in [0.15, 0.2) is 22.8 Å². The van der Waals surface area contributed by atoms with Crippen molar-refractivity contribution in [2.24, 2.45) is 0 Å². The number of morpholine rings is 1. The zero-order valence-electron chi connectivity index (χ0n) is 11.1. The van der Waals surface area contributed by atoms with Crippen molar-refractivity contribution in [1.82, 2.24) is 10.2 Å². The Hall–Kier alpha value is -0.880. The molecular formula is C14H22N2O3. The predicted octanol–water partition coefficient (Wildman–Crippen LogP) is 0.766. The highest BCUT2D eigenvalue weighted by Gasteiger charge is 2.31. The zero-order valence-corrected chi connectivity index (χ0v) is 11.1. The molecule has 0 aliphatic carbocycles. The number of aliphatic hydroxyl groups excluding tert-OH is 1. The number of ether oxygens (including phenoxy) is 1. The van der Waals surface area contributed by atoms with Crippen molar-refractivity contribution >= 4 is 0 Å². The van der Waals surface area contributed by atoms with Gasteiger partial charge >= 0.3 is 0 Å². The Kier molecular flexibility index (Phi) is 4.18. The van der Waals surface area contributed by atoms with Gasteiger partial charge in [0.15, 0.2) is 0 Å². The van der Waals surface area contributed by atoms with Crippen molar-refractivity contribution in [2.75, 3.05) is 32.8 Å². The lowest BCUT2D eigenvalue weighted by Gasteiger charge is -2.35. The van der Waals surface area contributed by atoms with Crippen LogP contribution in [-0.4, -0.2) is 54.9 Å². The summed E-state index contributed by atoms with van der Waals surface area (Å²) in [5.74, 6) is 0.608. The van der Waals surface area contributed by atoms with E-state index < -0.39 is 6.10 Å². The van der Waals surface area contributed by atoms with Crippen molar-refractivity contribution in [2.45, 2.75) is 31.1 Å². The lowest BCUT2D eigenvalue weighted by Crippen LogP contribution is -2.49. The molecule has 2 fully saturated rings. The maximum Gasteiger partial charge on any atom is 0.133 e. The molecule has 2 saturated heterocycles. The average Bonchev–Trinajstić information content (AvgIpc) is 3.09. The molecule has 1 aromatic rings. The highest BCUT2D eigenvalue weighted by molar-refractivity contribution is 5.02. The lowest BCUT2D eigenvalue weighted by atomic mass is 10.2. The average molecular weight is 266 g/mol. The minimum Gasteiger partial charge on any atom is -0.467 e. The second-order valence-electron chi connectivity index (χ2n) is 5.44. The summed E-state index contributed by atoms with van der Waals surface area (Å²) in [6, 6.07) is 4.22. The summed E-state index contributed by atoms with van der Waals surface area (Å²) < 4.78 is 11.0. The summed E-state index contributed by atoms with van der Waals surface area (Å²) in [5, 5.41) is 13.1. The molecule has 3 atom stereocenters. The molecule has 3 rings (SSSR count). The first-order valence-corrected chi connectivity index (χ1v) is 7.11. The molecule has 2 aliphatic heterocycles. The standard InChI is InChI=1S/C14H22N2O3/c17-13(14-4-2-6-18-14)8-15-7-12-9-16-5-1-3-11(16)10-19-12/h2,4,6,11-13,15,17H,1,3,5,7-10H2. The van der Waals surface area contributed by atoms with Gasteiger partial charge in [-0.15, -0.1) is 0 Å². The number of nitrogens with one attached hydrogen (secondary N) is 1. The van der Waals surface area contributed by atoms with Crippen LogP contribution < -0.4 is 5.32 Å². The lowest BCUT2D eigenvalue weighted by molar-refractivity contribution is -0.0477. The summed E-state index contributed by atoms with van der Waals surface area (Å²) in [7, 11) is 0. The van der Waals surface area contributed by atoms with Crippen molar-refractivity contribution in [3.8, 4) is 0 Å². The largest absolute Gasteiger partial charge is 0.467 e. The van der Waals surface area contributed by atoms with Crippen LogP contribution in [0.5, 0.6) is 0 Å². The van der Waals surface area contributed by atoms with Crippen molar-refractivity contribution in [3.63, 3.8) is 0 Å². The minimum atomic E-state index is -0.585. The van der Waals surface area contributed by atoms with Gasteiger partial charge in [-0.3, -0.25) is 4.90 Å². The molecule has 5 heteroatoms. The molecule has 2 N–H and O–H groups in total. The van der Waals surface area contributed by atoms with Gasteiger partial charge in [-0.25, -0.2) is 0 Å². The first-order chi connectivity index (χ1) is 9.33. The molecule has 3 heterocycles. The number of aliphatic hydroxyl groups is 1. The van der Waals surface area contributed by atoms with Crippen molar-refractivity contribution in [3.05, 3.63) is 24.2 Å². The van der Waals surface area contributed by atoms with Crippen LogP contribution >= 0.6 is 0 Å². The first kappa shape index (κ1) is 13.1. The maximum absolute atomic E-state index is 9.88. The van der Waals surface area contributed by atoms with E-state index in [2.05, 4.69) is 10.2 Å². The second-order valence-corrected chi connectivity index (χ2v) is 5.44. The fourth-order valence-electron chi connectivity index (χ4n) is 2.97. The van der Waals surface area contributed by atoms with Crippen LogP contribution in [0.2, 0.25) is 0 Å². The Balaban J connectivity index is 1.38. The van der Waals surface area contributed by atoms with Crippen LogP contribution in [0.25, 0.3) is 0 Å². The van der Waals surface area contributed by atoms with E-state index in [1.165, 1.54) is 19.4 Å². The molecule has 0 aromatic carbocycles. The third-order valence-electron chi connectivity index (χ3n) is 4.04. The third-order valence-corrected chi connectivity index (χ3v) is 4.04. The van der Waals surface area contributed by atoms with Gasteiger partial charge in [0, 0.05) is 25.7 Å². The number of fused-ring (bicyclic) bond motifs is 1. The Morgan fingerprint density at radius 2 is 2.47 bits per heavy atom. The molecule has 2 aliphatic rings. The molecule has 19 heavy (non-hydrogen) atoms. The zero-order chi connectivity index (χ0) is 13.1. The molecule has 1 aromatic heterocycles. The molecule has 0 spiro atoms. The second kappa shape index (κ2) is 6.05. The number of hydrogen-bond donors (Lipinski definition) is 2. The number of furan rings is 1. The molecule has 0 amide bonds. The monoisotopic (exact) mass is 266 g/mol. The Morgan fingerprint density at radius 1 is 1.53 bits per heavy atom. The SMILES string of the molecule is OC(CNCC1CN2CCCC2CO1)c1ccco1. The summed E-state index contributed by atoms with van der Waals surface area (Å²) in [4.78, 5) is 2.53. The van der Waals surface area contributed by atoms with Gasteiger partial charge in [0.25, 0.3) is 0 Å². The van der Waals surface area contributed by atoms with Gasteiger partial charge in [0.2, 0.25) is 0 Å². The van der Waals surface area contributed by atoms with E-state index in [1.807, 2.05) is 0 Å². The number of nitrogens with zero attached hydrogens (tertiary/aromatic N) is 1. The van der Waals surface area contributed by atoms with Gasteiger partial charge in [-0.1, -0.05) is 0 Å². The highest BCUT2D eigenvalue weighted by atomic mass is 16.5. The van der Waals surface area contributed by atoms with Gasteiger partial charge in [0.05, 0.1) is 19.0 Å². The smallest absolute Gasteiger partial charge is 0.133 e. The molecule has 0 saturated carbocycles. The van der Waals surface area contributed by atoms with Gasteiger partial charge in [0.1, 0.15) is 11.9 Å². The topological polar surface area (TPSA) is 57.9 Å². The molecule has 0 bridgehead atoms. The molecule has 5 nitrogen and oxygen atoms in total. The summed E-state index contributed by atoms with van der Waals surface area (Å²) in [6.45, 7) is 4.35. The molecular weight excluding hydrogens is 244 g/mol. The van der Waals surface area contributed by atoms with E-state index in [-0.39, 0.29) is 6.10 Å². The van der Waals surface area contributed by atoms with Crippen LogP contribution in [0.4, 0.5) is 0 Å². The van der Waals surface area contributed by atoms with Crippen LogP contribution in [0.1, 0.15) is 24.7 Å². The fourth-order valence-corrected chi connectivity index (χ4v) is 2.97. The Morgan fingerprint density at radius 3 is 3.32 bits per heavy atom. The summed E-state index contributed by atoms with van der Waals surface area (Å²) in [6.07, 6.45) is 3.80. The molecule has 3 unspecified atom stereocenters. The molecule has 106 valence electrons. The van der Waals surface area contributed by atoms with Crippen molar-refractivity contribution in [1.29, 1.82) is 0 Å². The van der Waals surface area contributed by atoms with E-state index in [4.69, 9.17) is 9.15 Å². The van der Waals surface area contributed by atoms with Crippen LogP contribution in [-0.2, 0) is 4.74 Å². The Labute approximate surface area is 113 Å². The predicted molar refractivity (Wildman–Crippen MR) is 70.9 cm³/mol. The minimum absolute atomic E-state index is 0.234. The number of rotatable bonds is 5. The highest BCUT2D eigenvalue weighted by Crippen LogP contribution is 2.22. The summed E-state index contributed by atoms with van der Waals surface area (Å²) in [5.41, 5.74) is 0. The normalized spacial score (nSPS) is 29.3. The van der Waals surface area contributed by atoms with E-state index in [0.29, 0.717) is 18.3 Å². The van der Waals surface area contributed by atoms with Crippen LogP contribution in [0.3, 0.4) is 0 Å². The molecule has 0 radical (unpaired) electrons. The van der Waals surface area contributed by atoms with Gasteiger partial charge < -0.3 is 19.6 Å². The quantitative estimate of drug-likeness (QED) is 0.824. The fraction of sp³-hybridized carbons (Fsp3) is 0.714. The summed E-state index contributed by atoms with van der Waals surface area (Å²) >= 11 is 0. The maximum atomic E-state index is 9.88. The van der Waals surface area contributed by atoms with E-state index in [1.54, 1.807) is 18.4 Å². The Bertz CT molecular complexity index is 382. The third kappa shape index (κ3) is 3.17. The van der Waals surface area contributed by atoms with E-state index in [9.17, 15) is 5.11 Å².